The predicted octanol–water partition coefficient (Wildman–Crippen LogP) is 4.05. The van der Waals surface area contributed by atoms with Gasteiger partial charge in [0.1, 0.15) is 17.4 Å². The van der Waals surface area contributed by atoms with Gasteiger partial charge in [0.25, 0.3) is 5.91 Å². The van der Waals surface area contributed by atoms with Crippen molar-refractivity contribution < 1.29 is 19.4 Å². The lowest BCUT2D eigenvalue weighted by Crippen LogP contribution is -2.13. The second-order valence-electron chi connectivity index (χ2n) is 6.63. The summed E-state index contributed by atoms with van der Waals surface area (Å²) in [6, 6.07) is 16.0. The summed E-state index contributed by atoms with van der Waals surface area (Å²) in [6.45, 7) is 1.91. The minimum Gasteiger partial charge on any atom is -0.484 e. The first-order valence-electron chi connectivity index (χ1n) is 9.21. The number of aromatic carboxylic acids is 1. The molecule has 0 saturated carbocycles. The standard InChI is InChI=1S/C22H18N4O4/c1-13(14-6-3-2-4-7-14)30-16-10-15(11-23-12-16)20(27)26-22-24-18-9-5-8-17(21(28)29)19(18)25-22/h2-13H,1H3,(H,28,29)(H2,24,25,26,27)/t13-/m0/s1. The fourth-order valence-electron chi connectivity index (χ4n) is 3.05. The smallest absolute Gasteiger partial charge is 0.337 e. The molecule has 30 heavy (non-hydrogen) atoms. The van der Waals surface area contributed by atoms with Crippen LogP contribution in [-0.2, 0) is 0 Å². The zero-order valence-corrected chi connectivity index (χ0v) is 16.0. The number of anilines is 1. The molecule has 0 unspecified atom stereocenters. The third-order valence-electron chi connectivity index (χ3n) is 4.53. The van der Waals surface area contributed by atoms with Crippen LogP contribution in [0.1, 0.15) is 39.3 Å². The number of nitrogens with one attached hydrogen (secondary N) is 2. The first-order chi connectivity index (χ1) is 14.5. The number of amides is 1. The Hall–Kier alpha value is -4.20. The van der Waals surface area contributed by atoms with Gasteiger partial charge in [0, 0.05) is 6.20 Å². The number of fused-ring (bicyclic) bond motifs is 1. The Bertz CT molecular complexity index is 1220. The molecule has 1 atom stereocenters. The summed E-state index contributed by atoms with van der Waals surface area (Å²) in [4.78, 5) is 35.1. The molecule has 0 aliphatic carbocycles. The minimum absolute atomic E-state index is 0.0520. The van der Waals surface area contributed by atoms with E-state index >= 15 is 0 Å². The van der Waals surface area contributed by atoms with E-state index in [1.54, 1.807) is 18.2 Å². The fraction of sp³-hybridized carbons (Fsp3) is 0.0909. The molecule has 2 aromatic heterocycles. The van der Waals surface area contributed by atoms with Crippen molar-refractivity contribution in [2.75, 3.05) is 5.32 Å². The number of aromatic nitrogens is 3. The number of pyridine rings is 1. The van der Waals surface area contributed by atoms with Crippen LogP contribution in [-0.4, -0.2) is 31.9 Å². The maximum atomic E-state index is 12.6. The van der Waals surface area contributed by atoms with Crippen molar-refractivity contribution in [1.29, 1.82) is 0 Å². The quantitative estimate of drug-likeness (QED) is 0.448. The molecule has 0 fully saturated rings. The summed E-state index contributed by atoms with van der Waals surface area (Å²) >= 11 is 0. The number of carboxylic acid groups (broad SMARTS) is 1. The van der Waals surface area contributed by atoms with Crippen LogP contribution in [0.3, 0.4) is 0 Å². The molecule has 0 aliphatic rings. The lowest BCUT2D eigenvalue weighted by molar-refractivity contribution is 0.0698. The lowest BCUT2D eigenvalue weighted by Gasteiger charge is -2.15. The van der Waals surface area contributed by atoms with Gasteiger partial charge in [-0.25, -0.2) is 9.78 Å². The highest BCUT2D eigenvalue weighted by atomic mass is 16.5. The molecule has 0 saturated heterocycles. The predicted molar refractivity (Wildman–Crippen MR) is 111 cm³/mol. The summed E-state index contributed by atoms with van der Waals surface area (Å²) in [6.07, 6.45) is 2.74. The second kappa shape index (κ2) is 8.04. The van der Waals surface area contributed by atoms with E-state index in [1.165, 1.54) is 18.5 Å². The number of hydrogen-bond acceptors (Lipinski definition) is 5. The van der Waals surface area contributed by atoms with E-state index in [2.05, 4.69) is 20.3 Å². The molecule has 150 valence electrons. The molecular weight excluding hydrogens is 384 g/mol. The number of ether oxygens (including phenoxy) is 1. The van der Waals surface area contributed by atoms with Crippen LogP contribution in [0.25, 0.3) is 11.0 Å². The molecule has 1 amide bonds. The van der Waals surface area contributed by atoms with Gasteiger partial charge in [-0.3, -0.25) is 15.1 Å². The minimum atomic E-state index is -1.09. The van der Waals surface area contributed by atoms with Crippen LogP contribution in [0.4, 0.5) is 5.95 Å². The molecule has 0 spiro atoms. The maximum absolute atomic E-state index is 12.6. The van der Waals surface area contributed by atoms with Gasteiger partial charge in [-0.2, -0.15) is 0 Å². The number of nitrogens with zero attached hydrogens (tertiary/aromatic N) is 2. The third kappa shape index (κ3) is 3.97. The van der Waals surface area contributed by atoms with Gasteiger partial charge in [0.2, 0.25) is 5.95 Å². The number of carbonyl (C=O) groups is 2. The Morgan fingerprint density at radius 1 is 1.10 bits per heavy atom. The molecule has 3 N–H and O–H groups in total. The first-order valence-corrected chi connectivity index (χ1v) is 9.21. The average molecular weight is 402 g/mol. The molecule has 0 aliphatic heterocycles. The van der Waals surface area contributed by atoms with Gasteiger partial charge in [-0.05, 0) is 30.7 Å². The van der Waals surface area contributed by atoms with Crippen molar-refractivity contribution in [3.8, 4) is 5.75 Å². The van der Waals surface area contributed by atoms with Gasteiger partial charge < -0.3 is 14.8 Å². The summed E-state index contributed by atoms with van der Waals surface area (Å²) in [5, 5.41) is 11.9. The SMILES string of the molecule is C[C@H](Oc1cncc(C(=O)Nc2nc3c(C(=O)O)cccc3[nH]2)c1)c1ccccc1. The second-order valence-corrected chi connectivity index (χ2v) is 6.63. The highest BCUT2D eigenvalue weighted by Gasteiger charge is 2.15. The summed E-state index contributed by atoms with van der Waals surface area (Å²) < 4.78 is 5.90. The molecule has 4 aromatic rings. The monoisotopic (exact) mass is 402 g/mol. The molecule has 2 heterocycles. The van der Waals surface area contributed by atoms with E-state index in [9.17, 15) is 14.7 Å². The van der Waals surface area contributed by atoms with Gasteiger partial charge in [-0.1, -0.05) is 36.4 Å². The van der Waals surface area contributed by atoms with Crippen molar-refractivity contribution in [2.45, 2.75) is 13.0 Å². The van der Waals surface area contributed by atoms with Gasteiger partial charge in [0.15, 0.2) is 0 Å². The van der Waals surface area contributed by atoms with E-state index in [-0.39, 0.29) is 28.7 Å². The highest BCUT2D eigenvalue weighted by molar-refractivity contribution is 6.05. The number of H-pyrrole nitrogens is 1. The molecule has 8 nitrogen and oxygen atoms in total. The molecular formula is C22H18N4O4. The third-order valence-corrected chi connectivity index (χ3v) is 4.53. The summed E-state index contributed by atoms with van der Waals surface area (Å²) in [5.41, 5.74) is 2.12. The van der Waals surface area contributed by atoms with Crippen LogP contribution in [0.2, 0.25) is 0 Å². The largest absolute Gasteiger partial charge is 0.484 e. The van der Waals surface area contributed by atoms with E-state index < -0.39 is 11.9 Å². The van der Waals surface area contributed by atoms with Crippen molar-refractivity contribution >= 4 is 28.9 Å². The van der Waals surface area contributed by atoms with Crippen LogP contribution in [0.15, 0.2) is 67.0 Å². The summed E-state index contributed by atoms with van der Waals surface area (Å²) in [5.74, 6) is -0.938. The Morgan fingerprint density at radius 2 is 1.90 bits per heavy atom. The zero-order valence-electron chi connectivity index (χ0n) is 16.0. The Morgan fingerprint density at radius 3 is 2.67 bits per heavy atom. The van der Waals surface area contributed by atoms with Crippen LogP contribution < -0.4 is 10.1 Å². The number of hydrogen-bond donors (Lipinski definition) is 3. The van der Waals surface area contributed by atoms with Crippen molar-refractivity contribution in [1.82, 2.24) is 15.0 Å². The van der Waals surface area contributed by atoms with Crippen molar-refractivity contribution in [2.24, 2.45) is 0 Å². The Kier molecular flexibility index (Phi) is 5.13. The topological polar surface area (TPSA) is 117 Å². The number of aromatic amines is 1. The lowest BCUT2D eigenvalue weighted by atomic mass is 10.1. The summed E-state index contributed by atoms with van der Waals surface area (Å²) in [7, 11) is 0. The average Bonchev–Trinajstić information content (AvgIpc) is 3.16. The van der Waals surface area contributed by atoms with Crippen molar-refractivity contribution in [3.63, 3.8) is 0 Å². The normalized spacial score (nSPS) is 11.8. The number of benzene rings is 2. The van der Waals surface area contributed by atoms with E-state index in [0.29, 0.717) is 11.3 Å². The maximum Gasteiger partial charge on any atom is 0.337 e. The molecule has 8 heteroatoms. The first kappa shape index (κ1) is 19.1. The fourth-order valence-corrected chi connectivity index (χ4v) is 3.05. The number of carboxylic acids is 1. The zero-order chi connectivity index (χ0) is 21.1. The van der Waals surface area contributed by atoms with Crippen LogP contribution in [0.5, 0.6) is 5.75 Å². The molecule has 2 aromatic carbocycles. The number of para-hydroxylation sites is 1. The van der Waals surface area contributed by atoms with Crippen LogP contribution in [0, 0.1) is 0 Å². The molecule has 4 rings (SSSR count). The number of imidazole rings is 1. The van der Waals surface area contributed by atoms with E-state index in [4.69, 9.17) is 4.74 Å². The molecule has 0 radical (unpaired) electrons. The van der Waals surface area contributed by atoms with E-state index in [1.807, 2.05) is 37.3 Å². The molecule has 0 bridgehead atoms. The van der Waals surface area contributed by atoms with Gasteiger partial charge in [0.05, 0.1) is 22.8 Å². The highest BCUT2D eigenvalue weighted by Crippen LogP contribution is 2.23. The Labute approximate surface area is 171 Å². The number of carbonyl (C=O) groups excluding carboxylic acids is 1. The van der Waals surface area contributed by atoms with Gasteiger partial charge in [-0.15, -0.1) is 0 Å². The van der Waals surface area contributed by atoms with Crippen molar-refractivity contribution in [3.05, 3.63) is 83.7 Å². The van der Waals surface area contributed by atoms with E-state index in [0.717, 1.165) is 5.56 Å². The van der Waals surface area contributed by atoms with Crippen LogP contribution >= 0.6 is 0 Å². The Balaban J connectivity index is 1.52. The number of rotatable bonds is 6. The van der Waals surface area contributed by atoms with Gasteiger partial charge >= 0.3 is 5.97 Å².